The zero-order valence-electron chi connectivity index (χ0n) is 12.1. The number of carbonyl (C=O) groups is 1. The van der Waals surface area contributed by atoms with E-state index in [2.05, 4.69) is 32.5 Å². The lowest BCUT2D eigenvalue weighted by Gasteiger charge is -2.16. The highest BCUT2D eigenvalue weighted by molar-refractivity contribution is 5.94. The fourth-order valence-corrected chi connectivity index (χ4v) is 1.99. The van der Waals surface area contributed by atoms with Crippen LogP contribution in [0, 0.1) is 0 Å². The molecule has 0 fully saturated rings. The third-order valence-electron chi connectivity index (χ3n) is 2.98. The molecule has 0 unspecified atom stereocenters. The predicted molar refractivity (Wildman–Crippen MR) is 78.2 cm³/mol. The van der Waals surface area contributed by atoms with Crippen LogP contribution in [0.1, 0.15) is 35.2 Å². The van der Waals surface area contributed by atoms with Gasteiger partial charge in [-0.25, -0.2) is 15.8 Å². The number of H-pyrrole nitrogens is 1. The van der Waals surface area contributed by atoms with Crippen molar-refractivity contribution in [2.75, 3.05) is 12.5 Å². The number of rotatable bonds is 6. The molecule has 0 aliphatic carbocycles. The minimum atomic E-state index is -0.123. The van der Waals surface area contributed by atoms with Crippen molar-refractivity contribution in [2.24, 2.45) is 5.84 Å². The molecule has 8 heteroatoms. The van der Waals surface area contributed by atoms with Gasteiger partial charge in [0.25, 0.3) is 5.91 Å². The predicted octanol–water partition coefficient (Wildman–Crippen LogP) is 0.710. The van der Waals surface area contributed by atoms with Crippen LogP contribution in [0.5, 0.6) is 0 Å². The highest BCUT2D eigenvalue weighted by atomic mass is 16.2. The zero-order chi connectivity index (χ0) is 15.2. The largest absolute Gasteiger partial charge is 0.334 e. The van der Waals surface area contributed by atoms with Gasteiger partial charge in [-0.2, -0.15) is 5.10 Å². The summed E-state index contributed by atoms with van der Waals surface area (Å²) in [5, 5.41) is 6.49. The summed E-state index contributed by atoms with van der Waals surface area (Å²) in [6.45, 7) is 2.41. The van der Waals surface area contributed by atoms with Gasteiger partial charge >= 0.3 is 0 Å². The number of nitrogens with one attached hydrogen (secondary N) is 2. The van der Waals surface area contributed by atoms with E-state index in [1.54, 1.807) is 24.1 Å². The lowest BCUT2D eigenvalue weighted by molar-refractivity contribution is 0.0781. The summed E-state index contributed by atoms with van der Waals surface area (Å²) in [6, 6.07) is 3.43. The van der Waals surface area contributed by atoms with Gasteiger partial charge in [-0.1, -0.05) is 13.3 Å². The molecule has 1 amide bonds. The van der Waals surface area contributed by atoms with E-state index in [1.165, 1.54) is 6.33 Å². The van der Waals surface area contributed by atoms with Gasteiger partial charge in [-0.05, 0) is 18.6 Å². The first-order valence-electron chi connectivity index (χ1n) is 6.71. The lowest BCUT2D eigenvalue weighted by atomic mass is 10.1. The Morgan fingerprint density at radius 3 is 2.90 bits per heavy atom. The molecule has 0 aliphatic heterocycles. The number of anilines is 1. The number of pyridine rings is 1. The van der Waals surface area contributed by atoms with Crippen LogP contribution in [-0.4, -0.2) is 38.0 Å². The quantitative estimate of drug-likeness (QED) is 0.533. The summed E-state index contributed by atoms with van der Waals surface area (Å²) >= 11 is 0. The Balaban J connectivity index is 2.18. The van der Waals surface area contributed by atoms with Gasteiger partial charge in [0.15, 0.2) is 0 Å². The molecule has 0 saturated carbocycles. The van der Waals surface area contributed by atoms with E-state index in [0.717, 1.165) is 18.5 Å². The van der Waals surface area contributed by atoms with Crippen LogP contribution >= 0.6 is 0 Å². The monoisotopic (exact) mass is 289 g/mol. The summed E-state index contributed by atoms with van der Waals surface area (Å²) in [7, 11) is 1.71. The van der Waals surface area contributed by atoms with Crippen LogP contribution in [-0.2, 0) is 13.0 Å². The Hall–Kier alpha value is -2.48. The number of hydrogen-bond donors (Lipinski definition) is 3. The minimum Gasteiger partial charge on any atom is -0.334 e. The molecule has 0 aliphatic rings. The topological polar surface area (TPSA) is 113 Å². The molecule has 0 spiro atoms. The van der Waals surface area contributed by atoms with Gasteiger partial charge in [-0.15, -0.1) is 0 Å². The maximum Gasteiger partial charge on any atom is 0.254 e. The second kappa shape index (κ2) is 6.80. The number of aromatic amines is 1. The van der Waals surface area contributed by atoms with E-state index in [1.807, 2.05) is 0 Å². The van der Waals surface area contributed by atoms with Crippen LogP contribution in [0.3, 0.4) is 0 Å². The van der Waals surface area contributed by atoms with Gasteiger partial charge in [0.1, 0.15) is 18.0 Å². The summed E-state index contributed by atoms with van der Waals surface area (Å²) in [5.74, 6) is 6.40. The SMILES string of the molecule is CCCc1cc(C(=O)N(C)Cc2ncn[nH]2)cc(NN)n1. The molecular formula is C13H19N7O. The average molecular weight is 289 g/mol. The Bertz CT molecular complexity index is 597. The number of hydrazine groups is 1. The van der Waals surface area contributed by atoms with Gasteiger partial charge < -0.3 is 10.3 Å². The smallest absolute Gasteiger partial charge is 0.254 e. The Labute approximate surface area is 122 Å². The molecule has 4 N–H and O–H groups in total. The van der Waals surface area contributed by atoms with E-state index >= 15 is 0 Å². The van der Waals surface area contributed by atoms with E-state index in [4.69, 9.17) is 5.84 Å². The fourth-order valence-electron chi connectivity index (χ4n) is 1.99. The second-order valence-electron chi connectivity index (χ2n) is 4.72. The van der Waals surface area contributed by atoms with E-state index in [0.29, 0.717) is 23.8 Å². The number of aryl methyl sites for hydroxylation is 1. The van der Waals surface area contributed by atoms with Gasteiger partial charge in [-0.3, -0.25) is 9.89 Å². The molecule has 2 rings (SSSR count). The zero-order valence-corrected chi connectivity index (χ0v) is 12.1. The van der Waals surface area contributed by atoms with E-state index in [9.17, 15) is 4.79 Å². The number of aromatic nitrogens is 4. The van der Waals surface area contributed by atoms with E-state index < -0.39 is 0 Å². The molecular weight excluding hydrogens is 270 g/mol. The molecule has 0 bridgehead atoms. The molecule has 2 heterocycles. The third-order valence-corrected chi connectivity index (χ3v) is 2.98. The maximum absolute atomic E-state index is 12.5. The molecule has 0 saturated heterocycles. The Kier molecular flexibility index (Phi) is 4.83. The molecule has 0 atom stereocenters. The Morgan fingerprint density at radius 2 is 2.29 bits per heavy atom. The first-order chi connectivity index (χ1) is 10.1. The molecule has 21 heavy (non-hydrogen) atoms. The number of nitrogen functional groups attached to an aromatic ring is 1. The average Bonchev–Trinajstić information content (AvgIpc) is 2.99. The van der Waals surface area contributed by atoms with Crippen molar-refractivity contribution < 1.29 is 4.79 Å². The number of nitrogens with two attached hydrogens (primary N) is 1. The van der Waals surface area contributed by atoms with E-state index in [-0.39, 0.29) is 5.91 Å². The van der Waals surface area contributed by atoms with Crippen molar-refractivity contribution in [1.82, 2.24) is 25.1 Å². The van der Waals surface area contributed by atoms with Crippen molar-refractivity contribution in [3.05, 3.63) is 35.5 Å². The summed E-state index contributed by atoms with van der Waals surface area (Å²) < 4.78 is 0. The highest BCUT2D eigenvalue weighted by Crippen LogP contribution is 2.14. The molecule has 112 valence electrons. The van der Waals surface area contributed by atoms with Crippen molar-refractivity contribution in [3.63, 3.8) is 0 Å². The van der Waals surface area contributed by atoms with Crippen LogP contribution in [0.15, 0.2) is 18.5 Å². The van der Waals surface area contributed by atoms with Crippen molar-refractivity contribution in [3.8, 4) is 0 Å². The second-order valence-corrected chi connectivity index (χ2v) is 4.72. The summed E-state index contributed by atoms with van der Waals surface area (Å²) in [5.41, 5.74) is 3.88. The lowest BCUT2D eigenvalue weighted by Crippen LogP contribution is -2.27. The number of amides is 1. The van der Waals surface area contributed by atoms with Crippen LogP contribution in [0.25, 0.3) is 0 Å². The molecule has 2 aromatic heterocycles. The number of hydrogen-bond acceptors (Lipinski definition) is 6. The van der Waals surface area contributed by atoms with Crippen LogP contribution in [0.2, 0.25) is 0 Å². The first kappa shape index (κ1) is 14.9. The van der Waals surface area contributed by atoms with Gasteiger partial charge in [0.2, 0.25) is 0 Å². The Morgan fingerprint density at radius 1 is 1.48 bits per heavy atom. The summed E-state index contributed by atoms with van der Waals surface area (Å²) in [6.07, 6.45) is 3.15. The minimum absolute atomic E-state index is 0.123. The molecule has 0 aromatic carbocycles. The third kappa shape index (κ3) is 3.76. The highest BCUT2D eigenvalue weighted by Gasteiger charge is 2.15. The molecule has 2 aromatic rings. The first-order valence-corrected chi connectivity index (χ1v) is 6.71. The number of carbonyl (C=O) groups excluding carboxylic acids is 1. The van der Waals surface area contributed by atoms with Crippen LogP contribution in [0.4, 0.5) is 5.82 Å². The fraction of sp³-hybridized carbons (Fsp3) is 0.385. The normalized spacial score (nSPS) is 10.4. The van der Waals surface area contributed by atoms with Gasteiger partial charge in [0.05, 0.1) is 6.54 Å². The van der Waals surface area contributed by atoms with Crippen molar-refractivity contribution in [1.29, 1.82) is 0 Å². The summed E-state index contributed by atoms with van der Waals surface area (Å²) in [4.78, 5) is 22.4. The van der Waals surface area contributed by atoms with Crippen LogP contribution < -0.4 is 11.3 Å². The molecule has 0 radical (unpaired) electrons. The molecule has 8 nitrogen and oxygen atoms in total. The standard InChI is InChI=1S/C13H19N7O/c1-3-4-10-5-9(6-11(17-10)18-14)13(21)20(2)7-12-15-8-16-19-12/h5-6,8H,3-4,7,14H2,1-2H3,(H,17,18)(H,15,16,19). The van der Waals surface area contributed by atoms with Crippen molar-refractivity contribution >= 4 is 11.7 Å². The maximum atomic E-state index is 12.5. The van der Waals surface area contributed by atoms with Gasteiger partial charge in [0, 0.05) is 18.3 Å². The van der Waals surface area contributed by atoms with Crippen molar-refractivity contribution in [2.45, 2.75) is 26.3 Å². The number of nitrogens with zero attached hydrogens (tertiary/aromatic N) is 4.